The van der Waals surface area contributed by atoms with Gasteiger partial charge in [-0.2, -0.15) is 0 Å². The summed E-state index contributed by atoms with van der Waals surface area (Å²) in [7, 11) is 0. The number of fused-ring (bicyclic) bond motifs is 12. The van der Waals surface area contributed by atoms with Crippen LogP contribution in [0.25, 0.3) is 233 Å². The number of benzene rings is 17. The van der Waals surface area contributed by atoms with Gasteiger partial charge in [-0.1, -0.05) is 370 Å². The van der Waals surface area contributed by atoms with Gasteiger partial charge in [0.25, 0.3) is 0 Å². The van der Waals surface area contributed by atoms with E-state index >= 15 is 0 Å². The van der Waals surface area contributed by atoms with Crippen molar-refractivity contribution < 1.29 is 8.83 Å². The normalized spacial score (nSPS) is 11.5. The van der Waals surface area contributed by atoms with Crippen LogP contribution in [0.3, 0.4) is 0 Å². The number of para-hydroxylation sites is 4. The summed E-state index contributed by atoms with van der Waals surface area (Å²) in [5.74, 6) is 1.31. The highest BCUT2D eigenvalue weighted by Crippen LogP contribution is 2.49. The summed E-state index contributed by atoms with van der Waals surface area (Å²) >= 11 is 0. The fraction of sp³-hybridized carbons (Fsp3) is 0. The third-order valence-electron chi connectivity index (χ3n) is 23.0. The zero-order valence-electron chi connectivity index (χ0n) is 64.9. The molecule has 0 unspecified atom stereocenters. The molecular weight excluding hydrogens is 1460 g/mol. The summed E-state index contributed by atoms with van der Waals surface area (Å²) in [6.45, 7) is 0. The van der Waals surface area contributed by atoms with Gasteiger partial charge in [0.15, 0.2) is 11.6 Å². The first kappa shape index (κ1) is 70.5. The molecule has 17 aromatic carbocycles. The molecule has 0 aliphatic carbocycles. The van der Waals surface area contributed by atoms with E-state index in [2.05, 4.69) is 364 Å². The Hall–Kier alpha value is -16.2. The van der Waals surface area contributed by atoms with Crippen LogP contribution in [0.15, 0.2) is 433 Å². The predicted octanol–water partition coefficient (Wildman–Crippen LogP) is 29.8. The van der Waals surface area contributed by atoms with Gasteiger partial charge in [-0.25, -0.2) is 29.9 Å². The van der Waals surface area contributed by atoms with E-state index in [4.69, 9.17) is 38.7 Å². The highest BCUT2D eigenvalue weighted by atomic mass is 16.3. The van der Waals surface area contributed by atoms with Crippen molar-refractivity contribution >= 4 is 87.2 Å². The van der Waals surface area contributed by atoms with Crippen LogP contribution < -0.4 is 0 Å². The number of hydrogen-bond donors (Lipinski definition) is 0. The first-order valence-electron chi connectivity index (χ1n) is 40.4. The van der Waals surface area contributed by atoms with Crippen LogP contribution in [0.5, 0.6) is 0 Å². The molecule has 23 aromatic rings. The van der Waals surface area contributed by atoms with Crippen LogP contribution in [0.1, 0.15) is 0 Å². The van der Waals surface area contributed by atoms with Crippen LogP contribution in [-0.2, 0) is 0 Å². The summed E-state index contributed by atoms with van der Waals surface area (Å²) in [4.78, 5) is 31.5. The van der Waals surface area contributed by atoms with Gasteiger partial charge in [-0.3, -0.25) is 0 Å². The Balaban J connectivity index is 0.000000145. The molecule has 8 nitrogen and oxygen atoms in total. The van der Waals surface area contributed by atoms with Crippen molar-refractivity contribution in [2.45, 2.75) is 0 Å². The van der Waals surface area contributed by atoms with Gasteiger partial charge in [0.1, 0.15) is 22.3 Å². The monoisotopic (exact) mass is 1530 g/mol. The highest BCUT2D eigenvalue weighted by molar-refractivity contribution is 6.29. The van der Waals surface area contributed by atoms with Crippen molar-refractivity contribution in [3.8, 4) is 146 Å². The second-order valence-electron chi connectivity index (χ2n) is 30.3. The third kappa shape index (κ3) is 13.0. The number of nitrogens with zero attached hydrogens (tertiary/aromatic N) is 6. The highest BCUT2D eigenvalue weighted by Gasteiger charge is 2.26. The summed E-state index contributed by atoms with van der Waals surface area (Å²) in [5.41, 5.74) is 30.0. The summed E-state index contributed by atoms with van der Waals surface area (Å²) in [5, 5.41) is 11.0. The van der Waals surface area contributed by atoms with Crippen LogP contribution in [0.2, 0.25) is 0 Å². The van der Waals surface area contributed by atoms with Crippen molar-refractivity contribution in [3.63, 3.8) is 0 Å². The molecule has 560 valence electrons. The lowest BCUT2D eigenvalue weighted by Crippen LogP contribution is -1.96. The van der Waals surface area contributed by atoms with Gasteiger partial charge in [-0.05, 0) is 99.1 Å². The van der Waals surface area contributed by atoms with Gasteiger partial charge in [0.05, 0.1) is 45.2 Å². The number of furan rings is 2. The number of pyridine rings is 2. The SMILES string of the molecule is c1ccc(-c2ccc(-c3cc(-c4ccc(-c5ccccc5)cc4)nc(-c4ccc(-c5nc6ccccc6c6c(-c7ccccc7)c7c(cc56)oc5ccccc57)cc4)n3)cc2)cc1.c1ccc(-c2cccc(-c3cc(-c4ccccc4)nc(-c4ccc(-c5nc6ccccc6c6c(-c7ccccc7)c7c(cc56)oc5ccccc57)cc4)n3)c2)cc1. The maximum absolute atomic E-state index is 6.61. The van der Waals surface area contributed by atoms with E-state index in [0.29, 0.717) is 11.6 Å². The Morgan fingerprint density at radius 2 is 0.425 bits per heavy atom. The second-order valence-corrected chi connectivity index (χ2v) is 30.3. The van der Waals surface area contributed by atoms with E-state index in [1.807, 2.05) is 60.7 Å². The van der Waals surface area contributed by atoms with Gasteiger partial charge >= 0.3 is 0 Å². The van der Waals surface area contributed by atoms with Crippen molar-refractivity contribution in [1.29, 1.82) is 0 Å². The van der Waals surface area contributed by atoms with Crippen molar-refractivity contribution in [3.05, 3.63) is 425 Å². The maximum atomic E-state index is 6.61. The second kappa shape index (κ2) is 30.2. The minimum absolute atomic E-state index is 0.653. The molecule has 8 heteroatoms. The third-order valence-corrected chi connectivity index (χ3v) is 23.0. The quantitative estimate of drug-likeness (QED) is 0.105. The molecule has 0 saturated heterocycles. The summed E-state index contributed by atoms with van der Waals surface area (Å²) < 4.78 is 13.2. The van der Waals surface area contributed by atoms with Crippen LogP contribution in [0, 0.1) is 0 Å². The Kier molecular flexibility index (Phi) is 17.8. The Labute approximate surface area is 692 Å². The van der Waals surface area contributed by atoms with Gasteiger partial charge in [0, 0.05) is 109 Å². The lowest BCUT2D eigenvalue weighted by Gasteiger charge is -2.16. The molecule has 6 aromatic heterocycles. The standard InChI is InChI=1S/C59H37N3O.C53H33N3O/c1-4-14-38(15-5-1)40-24-28-42(29-25-40)51-37-52(43-30-26-41(27-31-43)39-16-6-2-7-17-39)62-59(61-51)46-34-32-45(33-35-46)58-49-36-54-57(48-21-11-13-23-53(48)63-54)55(44-18-8-3-9-19-44)56(49)47-20-10-12-22-50(47)60-58;1-4-15-34(16-5-1)39-21-14-22-40(31-39)46-33-45(35-17-6-2-7-18-35)55-53(56-46)38-29-27-37(28-30-38)52-43-32-48-51(42-24-11-13-26-47(42)57-48)49(36-19-8-3-9-20-36)50(43)41-23-10-12-25-44(41)54-52/h1-37H;1-33H. The maximum Gasteiger partial charge on any atom is 0.160 e. The minimum Gasteiger partial charge on any atom is -0.456 e. The molecule has 0 fully saturated rings. The van der Waals surface area contributed by atoms with Crippen LogP contribution >= 0.6 is 0 Å². The number of aromatic nitrogens is 6. The molecule has 0 aliphatic heterocycles. The zero-order chi connectivity index (χ0) is 79.4. The molecule has 0 spiro atoms. The van der Waals surface area contributed by atoms with Crippen LogP contribution in [-0.4, -0.2) is 29.9 Å². The first-order chi connectivity index (χ1) is 59.5. The molecule has 0 aliphatic rings. The smallest absolute Gasteiger partial charge is 0.160 e. The van der Waals surface area contributed by atoms with E-state index < -0.39 is 0 Å². The predicted molar refractivity (Wildman–Crippen MR) is 495 cm³/mol. The van der Waals surface area contributed by atoms with E-state index in [-0.39, 0.29) is 0 Å². The fourth-order valence-electron chi connectivity index (χ4n) is 17.2. The lowest BCUT2D eigenvalue weighted by molar-refractivity contribution is 0.669. The molecule has 0 saturated carbocycles. The molecular formula is C112H70N6O2. The average molecular weight is 1530 g/mol. The number of rotatable bonds is 13. The van der Waals surface area contributed by atoms with Gasteiger partial charge < -0.3 is 8.83 Å². The Bertz CT molecular complexity index is 7720. The largest absolute Gasteiger partial charge is 0.456 e. The van der Waals surface area contributed by atoms with E-state index in [9.17, 15) is 0 Å². The molecule has 23 rings (SSSR count). The Morgan fingerprint density at radius 3 is 0.825 bits per heavy atom. The number of hydrogen-bond acceptors (Lipinski definition) is 8. The molecule has 0 N–H and O–H groups in total. The Morgan fingerprint density at radius 1 is 0.150 bits per heavy atom. The van der Waals surface area contributed by atoms with Gasteiger partial charge in [-0.15, -0.1) is 0 Å². The zero-order valence-corrected chi connectivity index (χ0v) is 64.9. The minimum atomic E-state index is 0.653. The van der Waals surface area contributed by atoms with E-state index in [1.54, 1.807) is 0 Å². The first-order valence-corrected chi connectivity index (χ1v) is 40.4. The molecule has 0 atom stereocenters. The van der Waals surface area contributed by atoms with E-state index in [1.165, 1.54) is 16.7 Å². The summed E-state index contributed by atoms with van der Waals surface area (Å²) in [6.07, 6.45) is 0. The topological polar surface area (TPSA) is 104 Å². The molecule has 0 radical (unpaired) electrons. The van der Waals surface area contributed by atoms with Crippen LogP contribution in [0.4, 0.5) is 0 Å². The fourth-order valence-corrected chi connectivity index (χ4v) is 17.2. The van der Waals surface area contributed by atoms with Crippen molar-refractivity contribution in [2.24, 2.45) is 0 Å². The van der Waals surface area contributed by atoms with Crippen molar-refractivity contribution in [1.82, 2.24) is 29.9 Å². The lowest BCUT2D eigenvalue weighted by atomic mass is 9.89. The molecule has 0 bridgehead atoms. The molecule has 0 amide bonds. The van der Waals surface area contributed by atoms with Crippen molar-refractivity contribution in [2.75, 3.05) is 0 Å². The molecule has 120 heavy (non-hydrogen) atoms. The average Bonchev–Trinajstić information content (AvgIpc) is 1.48. The van der Waals surface area contributed by atoms with E-state index in [0.717, 1.165) is 205 Å². The van der Waals surface area contributed by atoms with Gasteiger partial charge in [0.2, 0.25) is 0 Å². The summed E-state index contributed by atoms with van der Waals surface area (Å²) in [6, 6.07) is 148. The molecule has 6 heterocycles.